The maximum atomic E-state index is 12.9. The van der Waals surface area contributed by atoms with Gasteiger partial charge in [-0.05, 0) is 50.7 Å². The monoisotopic (exact) mass is 311 g/mol. The van der Waals surface area contributed by atoms with Crippen LogP contribution < -0.4 is 5.32 Å². The Kier molecular flexibility index (Phi) is 5.03. The topological polar surface area (TPSA) is 52.7 Å². The Balaban J connectivity index is 2.37. The molecule has 21 heavy (non-hydrogen) atoms. The smallest absolute Gasteiger partial charge is 0.243 e. The zero-order valence-corrected chi connectivity index (χ0v) is 14.1. The quantitative estimate of drug-likeness (QED) is 0.900. The average Bonchev–Trinajstić information content (AvgIpc) is 2.42. The number of aryl methyl sites for hydroxylation is 2. The van der Waals surface area contributed by atoms with E-state index in [9.17, 15) is 8.42 Å². The minimum absolute atomic E-state index is 0.447. The molecule has 0 amide bonds. The molecule has 1 aromatic carbocycles. The van der Waals surface area contributed by atoms with Gasteiger partial charge in [0.2, 0.25) is 10.0 Å². The van der Waals surface area contributed by atoms with E-state index in [1.54, 1.807) is 4.31 Å². The summed E-state index contributed by atoms with van der Waals surface area (Å²) in [5.74, 6) is 0. The van der Waals surface area contributed by atoms with E-state index in [0.29, 0.717) is 24.5 Å². The zero-order chi connectivity index (χ0) is 15.6. The second-order valence-corrected chi connectivity index (χ2v) is 7.69. The third-order valence-electron chi connectivity index (χ3n) is 4.08. The van der Waals surface area contributed by atoms with Gasteiger partial charge in [0.1, 0.15) is 0 Å². The second-order valence-electron chi connectivity index (χ2n) is 5.78. The van der Waals surface area contributed by atoms with Crippen LogP contribution in [0.4, 0.5) is 0 Å². The van der Waals surface area contributed by atoms with Crippen LogP contribution in [0, 0.1) is 13.8 Å². The van der Waals surface area contributed by atoms with Crippen LogP contribution in [0.2, 0.25) is 0 Å². The van der Waals surface area contributed by atoms with E-state index in [1.807, 2.05) is 40.1 Å². The molecule has 1 aromatic rings. The molecule has 6 heteroatoms. The van der Waals surface area contributed by atoms with Gasteiger partial charge in [-0.15, -0.1) is 0 Å². The molecule has 0 unspecified atom stereocenters. The highest BCUT2D eigenvalue weighted by atomic mass is 32.2. The fraction of sp³-hybridized carbons (Fsp3) is 0.600. The highest BCUT2D eigenvalue weighted by molar-refractivity contribution is 7.89. The van der Waals surface area contributed by atoms with Gasteiger partial charge in [-0.2, -0.15) is 4.31 Å². The number of rotatable bonds is 4. The molecule has 0 saturated carbocycles. The molecular formula is C15H25N3O2S. The van der Waals surface area contributed by atoms with Crippen molar-refractivity contribution < 1.29 is 8.42 Å². The molecule has 1 aliphatic heterocycles. The van der Waals surface area contributed by atoms with Crippen LogP contribution in [-0.2, 0) is 16.6 Å². The van der Waals surface area contributed by atoms with Crippen LogP contribution in [0.1, 0.15) is 16.7 Å². The summed E-state index contributed by atoms with van der Waals surface area (Å²) in [7, 11) is 0.494. The van der Waals surface area contributed by atoms with Crippen molar-refractivity contribution in [3.05, 3.63) is 28.8 Å². The van der Waals surface area contributed by atoms with Crippen molar-refractivity contribution in [1.82, 2.24) is 14.5 Å². The minimum atomic E-state index is -3.39. The molecule has 0 atom stereocenters. The molecule has 0 radical (unpaired) electrons. The predicted molar refractivity (Wildman–Crippen MR) is 84.9 cm³/mol. The van der Waals surface area contributed by atoms with Crippen LogP contribution in [0.25, 0.3) is 0 Å². The van der Waals surface area contributed by atoms with E-state index >= 15 is 0 Å². The van der Waals surface area contributed by atoms with E-state index in [4.69, 9.17) is 0 Å². The number of nitrogens with one attached hydrogen (secondary N) is 1. The van der Waals surface area contributed by atoms with Gasteiger partial charge < -0.3 is 10.2 Å². The largest absolute Gasteiger partial charge is 0.316 e. The van der Waals surface area contributed by atoms with Crippen LogP contribution in [0.15, 0.2) is 17.0 Å². The highest BCUT2D eigenvalue weighted by Gasteiger charge is 2.29. The Hall–Kier alpha value is -0.950. The molecule has 1 heterocycles. The molecule has 1 fully saturated rings. The first-order valence-electron chi connectivity index (χ1n) is 7.29. The molecule has 1 aliphatic rings. The number of sulfonamides is 1. The SMILES string of the molecule is CNCc1cc(S(=O)(=O)N2CCN(C)CC2)c(C)cc1C. The van der Waals surface area contributed by atoms with Gasteiger partial charge in [0, 0.05) is 32.7 Å². The molecule has 0 aromatic heterocycles. The number of nitrogens with zero attached hydrogens (tertiary/aromatic N) is 2. The van der Waals surface area contributed by atoms with E-state index in [0.717, 1.165) is 29.8 Å². The second kappa shape index (κ2) is 6.44. The maximum Gasteiger partial charge on any atom is 0.243 e. The van der Waals surface area contributed by atoms with Gasteiger partial charge in [-0.3, -0.25) is 0 Å². The molecule has 0 aliphatic carbocycles. The molecule has 0 spiro atoms. The summed E-state index contributed by atoms with van der Waals surface area (Å²) in [6.45, 7) is 7.27. The van der Waals surface area contributed by atoms with Crippen molar-refractivity contribution in [2.75, 3.05) is 40.3 Å². The van der Waals surface area contributed by atoms with Gasteiger partial charge in [0.25, 0.3) is 0 Å². The molecular weight excluding hydrogens is 286 g/mol. The lowest BCUT2D eigenvalue weighted by Crippen LogP contribution is -2.47. The number of likely N-dealkylation sites (N-methyl/N-ethyl adjacent to an activating group) is 1. The van der Waals surface area contributed by atoms with Crippen molar-refractivity contribution in [3.63, 3.8) is 0 Å². The molecule has 1 N–H and O–H groups in total. The Labute approximate surface area is 128 Å². The normalized spacial score (nSPS) is 18.1. The lowest BCUT2D eigenvalue weighted by atomic mass is 10.1. The van der Waals surface area contributed by atoms with Crippen molar-refractivity contribution in [3.8, 4) is 0 Å². The molecule has 118 valence electrons. The van der Waals surface area contributed by atoms with Gasteiger partial charge >= 0.3 is 0 Å². The fourth-order valence-electron chi connectivity index (χ4n) is 2.70. The summed E-state index contributed by atoms with van der Waals surface area (Å²) in [6, 6.07) is 3.80. The van der Waals surface area contributed by atoms with E-state index in [1.165, 1.54) is 0 Å². The van der Waals surface area contributed by atoms with Gasteiger partial charge in [-0.1, -0.05) is 6.07 Å². The fourth-order valence-corrected chi connectivity index (χ4v) is 4.38. The number of hydrogen-bond acceptors (Lipinski definition) is 4. The zero-order valence-electron chi connectivity index (χ0n) is 13.3. The lowest BCUT2D eigenvalue weighted by Gasteiger charge is -2.32. The summed E-state index contributed by atoms with van der Waals surface area (Å²) in [5.41, 5.74) is 2.99. The Morgan fingerprint density at radius 2 is 1.71 bits per heavy atom. The standard InChI is InChI=1S/C15H25N3O2S/c1-12-9-13(2)15(10-14(12)11-16-3)21(19,20)18-7-5-17(4)6-8-18/h9-10,16H,5-8,11H2,1-4H3. The first-order valence-corrected chi connectivity index (χ1v) is 8.73. The van der Waals surface area contributed by atoms with Crippen LogP contribution in [0.3, 0.4) is 0 Å². The third-order valence-corrected chi connectivity index (χ3v) is 6.12. The van der Waals surface area contributed by atoms with Crippen molar-refractivity contribution in [2.45, 2.75) is 25.3 Å². The molecule has 2 rings (SSSR count). The predicted octanol–water partition coefficient (Wildman–Crippen LogP) is 0.959. The third kappa shape index (κ3) is 3.45. The highest BCUT2D eigenvalue weighted by Crippen LogP contribution is 2.24. The van der Waals surface area contributed by atoms with Gasteiger partial charge in [0.15, 0.2) is 0 Å². The Bertz CT molecular complexity index is 606. The number of piperazine rings is 1. The van der Waals surface area contributed by atoms with Crippen molar-refractivity contribution in [1.29, 1.82) is 0 Å². The van der Waals surface area contributed by atoms with Crippen molar-refractivity contribution >= 4 is 10.0 Å². The lowest BCUT2D eigenvalue weighted by molar-refractivity contribution is 0.222. The summed E-state index contributed by atoms with van der Waals surface area (Å²) < 4.78 is 27.3. The molecule has 5 nitrogen and oxygen atoms in total. The summed E-state index contributed by atoms with van der Waals surface area (Å²) in [5, 5.41) is 3.09. The van der Waals surface area contributed by atoms with Gasteiger partial charge in [-0.25, -0.2) is 8.42 Å². The van der Waals surface area contributed by atoms with Crippen LogP contribution >= 0.6 is 0 Å². The van der Waals surface area contributed by atoms with E-state index in [-0.39, 0.29) is 0 Å². The average molecular weight is 311 g/mol. The Morgan fingerprint density at radius 3 is 2.29 bits per heavy atom. The van der Waals surface area contributed by atoms with E-state index in [2.05, 4.69) is 10.2 Å². The number of benzene rings is 1. The summed E-state index contributed by atoms with van der Waals surface area (Å²) >= 11 is 0. The van der Waals surface area contributed by atoms with Crippen LogP contribution in [-0.4, -0.2) is 57.9 Å². The minimum Gasteiger partial charge on any atom is -0.316 e. The van der Waals surface area contributed by atoms with Crippen LogP contribution in [0.5, 0.6) is 0 Å². The number of hydrogen-bond donors (Lipinski definition) is 1. The Morgan fingerprint density at radius 1 is 1.10 bits per heavy atom. The first-order chi connectivity index (χ1) is 9.86. The molecule has 1 saturated heterocycles. The summed E-state index contributed by atoms with van der Waals surface area (Å²) in [4.78, 5) is 2.60. The van der Waals surface area contributed by atoms with E-state index < -0.39 is 10.0 Å². The summed E-state index contributed by atoms with van der Waals surface area (Å²) in [6.07, 6.45) is 0. The maximum absolute atomic E-state index is 12.9. The molecule has 0 bridgehead atoms. The first kappa shape index (κ1) is 16.4. The van der Waals surface area contributed by atoms with Gasteiger partial charge in [0.05, 0.1) is 4.90 Å². The van der Waals surface area contributed by atoms with Crippen molar-refractivity contribution in [2.24, 2.45) is 0 Å².